The van der Waals surface area contributed by atoms with Crippen molar-refractivity contribution in [3.05, 3.63) is 50.9 Å². The third-order valence-electron chi connectivity index (χ3n) is 4.72. The van der Waals surface area contributed by atoms with Crippen molar-refractivity contribution in [1.29, 1.82) is 0 Å². The molecule has 2 N–H and O–H groups in total. The number of benzene rings is 2. The van der Waals surface area contributed by atoms with Gasteiger partial charge < -0.3 is 19.9 Å². The van der Waals surface area contributed by atoms with E-state index in [1.165, 1.54) is 11.8 Å². The van der Waals surface area contributed by atoms with E-state index in [1.807, 2.05) is 24.3 Å². The van der Waals surface area contributed by atoms with Crippen molar-refractivity contribution in [3.63, 3.8) is 0 Å². The Hall–Kier alpha value is -2.37. The summed E-state index contributed by atoms with van der Waals surface area (Å²) in [6.45, 7) is 1.66. The van der Waals surface area contributed by atoms with Gasteiger partial charge in [-0.2, -0.15) is 4.98 Å². The summed E-state index contributed by atoms with van der Waals surface area (Å²) in [5, 5.41) is 21.7. The number of anilines is 1. The normalized spacial score (nSPS) is 14.3. The van der Waals surface area contributed by atoms with E-state index in [4.69, 9.17) is 14.6 Å². The molecule has 3 aromatic rings. The van der Waals surface area contributed by atoms with Crippen LogP contribution in [0.4, 0.5) is 5.69 Å². The molecule has 0 spiro atoms. The molecule has 2 aromatic carbocycles. The van der Waals surface area contributed by atoms with Gasteiger partial charge in [-0.1, -0.05) is 57.0 Å². The Morgan fingerprint density at radius 1 is 1.21 bits per heavy atom. The summed E-state index contributed by atoms with van der Waals surface area (Å²) in [7, 11) is 0. The quantitative estimate of drug-likeness (QED) is 0.242. The van der Waals surface area contributed by atoms with Crippen molar-refractivity contribution < 1.29 is 19.4 Å². The predicted molar refractivity (Wildman–Crippen MR) is 133 cm³/mol. The third-order valence-corrected chi connectivity index (χ3v) is 6.63. The summed E-state index contributed by atoms with van der Waals surface area (Å²) < 4.78 is 13.5. The Kier molecular flexibility index (Phi) is 7.71. The number of carboxylic acids is 1. The van der Waals surface area contributed by atoms with E-state index < -0.39 is 18.8 Å². The average molecular weight is 596 g/mol. The molecule has 0 bridgehead atoms. The van der Waals surface area contributed by atoms with Crippen LogP contribution < -0.4 is 14.8 Å². The number of hydrogen-bond donors (Lipinski definition) is 2. The van der Waals surface area contributed by atoms with Gasteiger partial charge in [0.1, 0.15) is 5.75 Å². The van der Waals surface area contributed by atoms with Crippen LogP contribution in [0.15, 0.2) is 50.5 Å². The number of nitrogens with one attached hydrogen (secondary N) is 1. The van der Waals surface area contributed by atoms with E-state index in [1.54, 1.807) is 12.1 Å². The van der Waals surface area contributed by atoms with Crippen molar-refractivity contribution in [3.8, 4) is 22.9 Å². The third kappa shape index (κ3) is 5.77. The summed E-state index contributed by atoms with van der Waals surface area (Å²) in [6, 6.07) is 11.0. The highest BCUT2D eigenvalue weighted by Gasteiger charge is 2.28. The summed E-state index contributed by atoms with van der Waals surface area (Å²) in [5.41, 5.74) is 2.69. The predicted octanol–water partition coefficient (Wildman–Crippen LogP) is 5.92. The van der Waals surface area contributed by atoms with Crippen LogP contribution in [0.25, 0.3) is 11.3 Å². The monoisotopic (exact) mass is 594 g/mol. The maximum absolute atomic E-state index is 11.1. The summed E-state index contributed by atoms with van der Waals surface area (Å²) >= 11 is 8.53. The van der Waals surface area contributed by atoms with Crippen molar-refractivity contribution in [1.82, 2.24) is 15.2 Å². The number of halogens is 2. The largest absolute Gasteiger partial charge is 0.481 e. The smallest absolute Gasteiger partial charge is 0.341 e. The van der Waals surface area contributed by atoms with Crippen molar-refractivity contribution in [2.24, 2.45) is 0 Å². The van der Waals surface area contributed by atoms with Crippen LogP contribution in [0.1, 0.15) is 31.6 Å². The van der Waals surface area contributed by atoms with Gasteiger partial charge >= 0.3 is 5.97 Å². The molecule has 1 aliphatic heterocycles. The SMILES string of the molecule is CCCCSc1nnc2c(n1)O[C@H](c1cc(Br)ccc1OCC(=O)O)Nc1ccc(Br)cc1-2. The van der Waals surface area contributed by atoms with E-state index in [9.17, 15) is 4.79 Å². The average Bonchev–Trinajstić information content (AvgIpc) is 2.94. The van der Waals surface area contributed by atoms with E-state index in [2.05, 4.69) is 59.3 Å². The van der Waals surface area contributed by atoms with Gasteiger partial charge in [-0.05, 0) is 42.8 Å². The number of hydrogen-bond acceptors (Lipinski definition) is 8. The second-order valence-electron chi connectivity index (χ2n) is 7.15. The Morgan fingerprint density at radius 2 is 2.00 bits per heavy atom. The topological polar surface area (TPSA) is 106 Å². The second-order valence-corrected chi connectivity index (χ2v) is 10.0. The molecule has 0 saturated carbocycles. The van der Waals surface area contributed by atoms with E-state index in [0.29, 0.717) is 28.0 Å². The van der Waals surface area contributed by atoms with Crippen molar-refractivity contribution in [2.75, 3.05) is 17.7 Å². The number of carboxylic acid groups (broad SMARTS) is 1. The lowest BCUT2D eigenvalue weighted by molar-refractivity contribution is -0.139. The molecule has 1 atom stereocenters. The number of unbranched alkanes of at least 4 members (excludes halogenated alkanes) is 1. The minimum absolute atomic E-state index is 0.336. The number of nitrogens with zero attached hydrogens (tertiary/aromatic N) is 3. The molecule has 1 aliphatic rings. The first kappa shape index (κ1) is 23.8. The highest BCUT2D eigenvalue weighted by atomic mass is 79.9. The van der Waals surface area contributed by atoms with Gasteiger partial charge in [-0.3, -0.25) is 0 Å². The number of aromatic nitrogens is 3. The summed E-state index contributed by atoms with van der Waals surface area (Å²) in [5.74, 6) is 0.548. The van der Waals surface area contributed by atoms with E-state index in [0.717, 1.165) is 38.8 Å². The summed E-state index contributed by atoms with van der Waals surface area (Å²) in [4.78, 5) is 15.7. The Balaban J connectivity index is 1.77. The molecule has 4 rings (SSSR count). The standard InChI is InChI=1S/C22H20Br2N4O4S/c1-2-3-8-33-22-26-21-19(27-28-22)14-9-12(23)4-6-16(14)25-20(32-21)15-10-13(24)5-7-17(15)31-11-18(29)30/h4-7,9-10,20,25H,2-3,8,11H2,1H3,(H,29,30)/t20-/m1/s1. The van der Waals surface area contributed by atoms with Gasteiger partial charge in [0.25, 0.3) is 0 Å². The highest BCUT2D eigenvalue weighted by Crippen LogP contribution is 2.42. The maximum Gasteiger partial charge on any atom is 0.341 e. The fraction of sp³-hybridized carbons (Fsp3) is 0.273. The Labute approximate surface area is 211 Å². The highest BCUT2D eigenvalue weighted by molar-refractivity contribution is 9.10. The Bertz CT molecular complexity index is 1180. The number of carbonyl (C=O) groups is 1. The molecular weight excluding hydrogens is 576 g/mol. The van der Waals surface area contributed by atoms with Gasteiger partial charge in [0, 0.05) is 25.9 Å². The molecule has 0 fully saturated rings. The molecule has 0 aliphatic carbocycles. The van der Waals surface area contributed by atoms with Crippen LogP contribution >= 0.6 is 43.6 Å². The van der Waals surface area contributed by atoms with Crippen LogP contribution in [0, 0.1) is 0 Å². The molecular formula is C22H20Br2N4O4S. The van der Waals surface area contributed by atoms with Crippen molar-refractivity contribution >= 4 is 55.3 Å². The number of aliphatic carboxylic acids is 1. The Morgan fingerprint density at radius 3 is 2.79 bits per heavy atom. The first-order valence-electron chi connectivity index (χ1n) is 10.2. The zero-order chi connectivity index (χ0) is 23.4. The van der Waals surface area contributed by atoms with Gasteiger partial charge in [-0.25, -0.2) is 4.79 Å². The molecule has 0 amide bonds. The van der Waals surface area contributed by atoms with Crippen LogP contribution in [-0.4, -0.2) is 38.6 Å². The molecule has 0 radical (unpaired) electrons. The van der Waals surface area contributed by atoms with Crippen LogP contribution in [-0.2, 0) is 4.79 Å². The molecule has 8 nitrogen and oxygen atoms in total. The lowest BCUT2D eigenvalue weighted by Crippen LogP contribution is -2.19. The number of rotatable bonds is 8. The van der Waals surface area contributed by atoms with Gasteiger partial charge in [0.15, 0.2) is 12.3 Å². The molecule has 0 saturated heterocycles. The fourth-order valence-electron chi connectivity index (χ4n) is 3.17. The molecule has 33 heavy (non-hydrogen) atoms. The maximum atomic E-state index is 11.1. The van der Waals surface area contributed by atoms with Gasteiger partial charge in [0.05, 0.1) is 5.56 Å². The first-order chi connectivity index (χ1) is 15.9. The van der Waals surface area contributed by atoms with Crippen LogP contribution in [0.5, 0.6) is 11.6 Å². The second kappa shape index (κ2) is 10.7. The molecule has 2 heterocycles. The number of ether oxygens (including phenoxy) is 2. The fourth-order valence-corrected chi connectivity index (χ4v) is 4.78. The van der Waals surface area contributed by atoms with Crippen molar-refractivity contribution in [2.45, 2.75) is 31.1 Å². The minimum atomic E-state index is -1.06. The lowest BCUT2D eigenvalue weighted by Gasteiger charge is -2.22. The molecule has 1 aromatic heterocycles. The lowest BCUT2D eigenvalue weighted by atomic mass is 10.1. The molecule has 0 unspecified atom stereocenters. The zero-order valence-electron chi connectivity index (χ0n) is 17.5. The van der Waals surface area contributed by atoms with Crippen LogP contribution in [0.2, 0.25) is 0 Å². The van der Waals surface area contributed by atoms with E-state index >= 15 is 0 Å². The molecule has 172 valence electrons. The zero-order valence-corrected chi connectivity index (χ0v) is 21.5. The number of thioether (sulfide) groups is 1. The minimum Gasteiger partial charge on any atom is -0.481 e. The molecule has 11 heteroatoms. The first-order valence-corrected chi connectivity index (χ1v) is 12.8. The number of fused-ring (bicyclic) bond motifs is 3. The van der Waals surface area contributed by atoms with Gasteiger partial charge in [-0.15, -0.1) is 10.2 Å². The van der Waals surface area contributed by atoms with Gasteiger partial charge in [0.2, 0.25) is 17.3 Å². The summed E-state index contributed by atoms with van der Waals surface area (Å²) in [6.07, 6.45) is 1.42. The van der Waals surface area contributed by atoms with Crippen LogP contribution in [0.3, 0.4) is 0 Å². The van der Waals surface area contributed by atoms with E-state index in [-0.39, 0.29) is 0 Å².